The van der Waals surface area contributed by atoms with Crippen LogP contribution >= 0.6 is 0 Å². The molecule has 2 aromatic carbocycles. The molecule has 0 aliphatic carbocycles. The summed E-state index contributed by atoms with van der Waals surface area (Å²) in [5.74, 6) is 0.546. The Labute approximate surface area is 152 Å². The van der Waals surface area contributed by atoms with E-state index in [1.54, 1.807) is 18.5 Å². The summed E-state index contributed by atoms with van der Waals surface area (Å²) in [7, 11) is 0. The minimum atomic E-state index is -4.36. The Hall–Kier alpha value is -3.48. The van der Waals surface area contributed by atoms with E-state index in [1.165, 1.54) is 18.5 Å². The van der Waals surface area contributed by atoms with Gasteiger partial charge in [0.2, 0.25) is 0 Å². The topological polar surface area (TPSA) is 50.7 Å². The molecule has 4 aromatic rings. The van der Waals surface area contributed by atoms with Gasteiger partial charge in [0.25, 0.3) is 0 Å². The lowest BCUT2D eigenvalue weighted by Crippen LogP contribution is -2.04. The van der Waals surface area contributed by atoms with Crippen molar-refractivity contribution in [3.05, 3.63) is 78.9 Å². The summed E-state index contributed by atoms with van der Waals surface area (Å²) in [5.41, 5.74) is 1.27. The van der Waals surface area contributed by atoms with Crippen molar-refractivity contribution < 1.29 is 13.2 Å². The van der Waals surface area contributed by atoms with Gasteiger partial charge in [-0.2, -0.15) is 13.2 Å². The molecule has 2 aromatic heterocycles. The van der Waals surface area contributed by atoms with Crippen LogP contribution < -0.4 is 5.32 Å². The molecule has 7 heteroatoms. The van der Waals surface area contributed by atoms with Gasteiger partial charge in [-0.3, -0.25) is 4.98 Å². The highest BCUT2D eigenvalue weighted by molar-refractivity contribution is 5.94. The van der Waals surface area contributed by atoms with Crippen LogP contribution in [0.5, 0.6) is 0 Å². The normalized spacial score (nSPS) is 11.5. The number of pyridine rings is 1. The number of nitrogens with zero attached hydrogens (tertiary/aromatic N) is 3. The molecule has 0 amide bonds. The summed E-state index contributed by atoms with van der Waals surface area (Å²) >= 11 is 0. The first-order valence-electron chi connectivity index (χ1n) is 8.10. The van der Waals surface area contributed by atoms with Crippen LogP contribution in [-0.4, -0.2) is 15.0 Å². The van der Waals surface area contributed by atoms with E-state index in [2.05, 4.69) is 20.3 Å². The highest BCUT2D eigenvalue weighted by Crippen LogP contribution is 2.31. The SMILES string of the molecule is FC(F)(F)c1ccc(-c2cc(Nc3cccc4cnccc34)ncn2)cc1. The molecule has 0 saturated carbocycles. The van der Waals surface area contributed by atoms with Crippen LogP contribution in [0.1, 0.15) is 5.56 Å². The monoisotopic (exact) mass is 366 g/mol. The van der Waals surface area contributed by atoms with Crippen molar-refractivity contribution in [1.82, 2.24) is 15.0 Å². The lowest BCUT2D eigenvalue weighted by molar-refractivity contribution is -0.137. The van der Waals surface area contributed by atoms with E-state index in [0.717, 1.165) is 28.6 Å². The third-order valence-electron chi connectivity index (χ3n) is 4.12. The van der Waals surface area contributed by atoms with E-state index in [9.17, 15) is 13.2 Å². The molecule has 0 bridgehead atoms. The van der Waals surface area contributed by atoms with Gasteiger partial charge < -0.3 is 5.32 Å². The first kappa shape index (κ1) is 17.0. The third kappa shape index (κ3) is 3.57. The van der Waals surface area contributed by atoms with Crippen LogP contribution in [0, 0.1) is 0 Å². The molecule has 2 heterocycles. The fourth-order valence-electron chi connectivity index (χ4n) is 2.78. The number of benzene rings is 2. The van der Waals surface area contributed by atoms with Crippen LogP contribution in [0.3, 0.4) is 0 Å². The second kappa shape index (κ2) is 6.68. The highest BCUT2D eigenvalue weighted by Gasteiger charge is 2.30. The van der Waals surface area contributed by atoms with Gasteiger partial charge in [-0.1, -0.05) is 24.3 Å². The number of halogens is 3. The quantitative estimate of drug-likeness (QED) is 0.523. The van der Waals surface area contributed by atoms with Gasteiger partial charge in [0.05, 0.1) is 11.3 Å². The summed E-state index contributed by atoms with van der Waals surface area (Å²) < 4.78 is 38.1. The zero-order chi connectivity index (χ0) is 18.9. The van der Waals surface area contributed by atoms with E-state index < -0.39 is 11.7 Å². The Balaban J connectivity index is 1.65. The molecule has 0 fully saturated rings. The Morgan fingerprint density at radius 1 is 0.889 bits per heavy atom. The molecule has 27 heavy (non-hydrogen) atoms. The van der Waals surface area contributed by atoms with E-state index in [-0.39, 0.29) is 0 Å². The molecule has 0 aliphatic rings. The van der Waals surface area contributed by atoms with Gasteiger partial charge >= 0.3 is 6.18 Å². The Morgan fingerprint density at radius 2 is 1.70 bits per heavy atom. The second-order valence-electron chi connectivity index (χ2n) is 5.89. The van der Waals surface area contributed by atoms with E-state index >= 15 is 0 Å². The van der Waals surface area contributed by atoms with Crippen molar-refractivity contribution in [2.45, 2.75) is 6.18 Å². The molecule has 0 atom stereocenters. The fourth-order valence-corrected chi connectivity index (χ4v) is 2.78. The smallest absolute Gasteiger partial charge is 0.340 e. The first-order chi connectivity index (χ1) is 13.0. The number of hydrogen-bond acceptors (Lipinski definition) is 4. The molecule has 0 saturated heterocycles. The Kier molecular flexibility index (Phi) is 4.19. The van der Waals surface area contributed by atoms with Gasteiger partial charge in [-0.05, 0) is 24.3 Å². The van der Waals surface area contributed by atoms with Crippen molar-refractivity contribution >= 4 is 22.3 Å². The number of hydrogen-bond donors (Lipinski definition) is 1. The average molecular weight is 366 g/mol. The number of nitrogens with one attached hydrogen (secondary N) is 1. The predicted molar refractivity (Wildman–Crippen MR) is 97.5 cm³/mol. The summed E-state index contributed by atoms with van der Waals surface area (Å²) in [5, 5.41) is 5.21. The van der Waals surface area contributed by atoms with Gasteiger partial charge in [0, 0.05) is 40.5 Å². The first-order valence-corrected chi connectivity index (χ1v) is 8.10. The number of rotatable bonds is 3. The second-order valence-corrected chi connectivity index (χ2v) is 5.89. The lowest BCUT2D eigenvalue weighted by Gasteiger charge is -2.10. The Morgan fingerprint density at radius 3 is 2.48 bits per heavy atom. The fraction of sp³-hybridized carbons (Fsp3) is 0.0500. The van der Waals surface area contributed by atoms with Crippen molar-refractivity contribution in [3.8, 4) is 11.3 Å². The van der Waals surface area contributed by atoms with Crippen molar-refractivity contribution in [2.75, 3.05) is 5.32 Å². The maximum Gasteiger partial charge on any atom is 0.416 e. The third-order valence-corrected chi connectivity index (χ3v) is 4.12. The average Bonchev–Trinajstić information content (AvgIpc) is 2.68. The molecule has 0 unspecified atom stereocenters. The van der Waals surface area contributed by atoms with E-state index in [1.807, 2.05) is 24.3 Å². The van der Waals surface area contributed by atoms with Crippen molar-refractivity contribution in [3.63, 3.8) is 0 Å². The van der Waals surface area contributed by atoms with Crippen LogP contribution in [0.15, 0.2) is 73.3 Å². The zero-order valence-corrected chi connectivity index (χ0v) is 13.9. The van der Waals surface area contributed by atoms with Crippen LogP contribution in [0.4, 0.5) is 24.7 Å². The van der Waals surface area contributed by atoms with Gasteiger partial charge in [-0.15, -0.1) is 0 Å². The predicted octanol–water partition coefficient (Wildman–Crippen LogP) is 5.45. The lowest BCUT2D eigenvalue weighted by atomic mass is 10.1. The van der Waals surface area contributed by atoms with Gasteiger partial charge in [0.15, 0.2) is 0 Å². The summed E-state index contributed by atoms with van der Waals surface area (Å²) in [6, 6.07) is 14.3. The van der Waals surface area contributed by atoms with E-state index in [4.69, 9.17) is 0 Å². The summed E-state index contributed by atoms with van der Waals surface area (Å²) in [6.07, 6.45) is 0.497. The molecule has 0 radical (unpaired) electrons. The van der Waals surface area contributed by atoms with Crippen molar-refractivity contribution in [2.24, 2.45) is 0 Å². The van der Waals surface area contributed by atoms with E-state index in [0.29, 0.717) is 17.1 Å². The largest absolute Gasteiger partial charge is 0.416 e. The molecular weight excluding hydrogens is 353 g/mol. The molecule has 0 spiro atoms. The van der Waals surface area contributed by atoms with Crippen molar-refractivity contribution in [1.29, 1.82) is 0 Å². The summed E-state index contributed by atoms with van der Waals surface area (Å²) in [6.45, 7) is 0. The molecule has 134 valence electrons. The molecule has 0 aliphatic heterocycles. The molecule has 4 nitrogen and oxygen atoms in total. The Bertz CT molecular complexity index is 1090. The maximum atomic E-state index is 12.7. The van der Waals surface area contributed by atoms with Crippen LogP contribution in [0.2, 0.25) is 0 Å². The maximum absolute atomic E-state index is 12.7. The molecule has 1 N–H and O–H groups in total. The van der Waals surface area contributed by atoms with Gasteiger partial charge in [0.1, 0.15) is 12.1 Å². The standard InChI is InChI=1S/C20H13F3N4/c21-20(22,23)15-6-4-13(5-7-15)18-10-19(26-12-25-18)27-17-3-1-2-14-11-24-9-8-16(14)17/h1-12H,(H,25,26,27). The van der Waals surface area contributed by atoms with Gasteiger partial charge in [-0.25, -0.2) is 9.97 Å². The van der Waals surface area contributed by atoms with Crippen LogP contribution in [0.25, 0.3) is 22.0 Å². The highest BCUT2D eigenvalue weighted by atomic mass is 19.4. The minimum absolute atomic E-state index is 0.531. The molecular formula is C20H13F3N4. The number of fused-ring (bicyclic) bond motifs is 1. The zero-order valence-electron chi connectivity index (χ0n) is 13.9. The summed E-state index contributed by atoms with van der Waals surface area (Å²) in [4.78, 5) is 12.5. The molecule has 4 rings (SSSR count). The minimum Gasteiger partial charge on any atom is -0.340 e. The number of alkyl halides is 3. The number of aromatic nitrogens is 3. The number of anilines is 2. The van der Waals surface area contributed by atoms with Crippen LogP contribution in [-0.2, 0) is 6.18 Å².